The largest absolute Gasteiger partial charge is 0.510 e. The third kappa shape index (κ3) is 3.90. The molecule has 1 aromatic heterocycles. The topological polar surface area (TPSA) is 160 Å². The molecular formula is C28H31N3O7S. The lowest BCUT2D eigenvalue weighted by molar-refractivity contribution is -0.143. The number of benzene rings is 1. The van der Waals surface area contributed by atoms with Gasteiger partial charge in [-0.2, -0.15) is 0 Å². The van der Waals surface area contributed by atoms with Gasteiger partial charge in [-0.25, -0.2) is 4.98 Å². The first-order chi connectivity index (χ1) is 18.4. The molecule has 206 valence electrons. The van der Waals surface area contributed by atoms with E-state index in [4.69, 9.17) is 0 Å². The number of rotatable bonds is 5. The summed E-state index contributed by atoms with van der Waals surface area (Å²) in [5, 5.41) is 50.8. The Morgan fingerprint density at radius 3 is 2.44 bits per heavy atom. The molecule has 3 aliphatic carbocycles. The maximum absolute atomic E-state index is 14.0. The van der Waals surface area contributed by atoms with Gasteiger partial charge in [0, 0.05) is 22.8 Å². The van der Waals surface area contributed by atoms with Crippen LogP contribution in [0, 0.1) is 17.8 Å². The smallest absolute Gasteiger partial charge is 0.187 e. The molecule has 5 rings (SSSR count). The van der Waals surface area contributed by atoms with E-state index in [1.54, 1.807) is 38.1 Å². The number of carbonyl (C=O) groups excluding carboxylic acids is 3. The number of Topliss-reactive ketones (excluding diaryl/α,β-unsaturated/α-hetero) is 3. The standard InChI is InChI=1S/C28H31N3O7S/c1-6-12-9-39-28(29-12)30-14-8-7-13-10(2)15-19(25(36)17(13)22(14)33)26(37)20-18(23(15)34)21(31(4)5)27(38)16(11(3)32)24(20)35/h7-10,15,18,20-21,23,33-34,36,38H,6H2,1-5H3,(H,29,30)/t10-,15?,18?,20?,21-,23-/m0/s1. The van der Waals surface area contributed by atoms with Crippen LogP contribution in [0.4, 0.5) is 10.8 Å². The van der Waals surface area contributed by atoms with Crippen molar-refractivity contribution in [3.05, 3.63) is 51.2 Å². The number of aromatic hydroxyl groups is 1. The number of aliphatic hydroxyl groups is 3. The summed E-state index contributed by atoms with van der Waals surface area (Å²) in [6.45, 7) is 4.89. The van der Waals surface area contributed by atoms with Gasteiger partial charge in [-0.1, -0.05) is 19.9 Å². The zero-order chi connectivity index (χ0) is 28.5. The lowest BCUT2D eigenvalue weighted by Crippen LogP contribution is -2.61. The molecule has 0 aliphatic heterocycles. The number of aryl methyl sites for hydroxylation is 1. The minimum absolute atomic E-state index is 0.0441. The molecule has 6 atom stereocenters. The van der Waals surface area contributed by atoms with Crippen LogP contribution in [-0.4, -0.2) is 73.9 Å². The highest BCUT2D eigenvalue weighted by Crippen LogP contribution is 2.55. The Morgan fingerprint density at radius 2 is 1.85 bits per heavy atom. The van der Waals surface area contributed by atoms with Crippen molar-refractivity contribution in [2.24, 2.45) is 17.8 Å². The summed E-state index contributed by atoms with van der Waals surface area (Å²) in [4.78, 5) is 45.8. The van der Waals surface area contributed by atoms with Crippen LogP contribution in [0.3, 0.4) is 0 Å². The summed E-state index contributed by atoms with van der Waals surface area (Å²) in [6.07, 6.45) is -0.568. The quantitative estimate of drug-likeness (QED) is 0.211. The minimum Gasteiger partial charge on any atom is -0.510 e. The molecule has 1 fully saturated rings. The van der Waals surface area contributed by atoms with Gasteiger partial charge in [-0.15, -0.1) is 11.3 Å². The van der Waals surface area contributed by atoms with Crippen molar-refractivity contribution < 1.29 is 34.8 Å². The number of phenolic OH excluding ortho intramolecular Hbond substituents is 1. The summed E-state index contributed by atoms with van der Waals surface area (Å²) in [5.41, 5.74) is 1.10. The van der Waals surface area contributed by atoms with Gasteiger partial charge in [0.05, 0.1) is 35.0 Å². The summed E-state index contributed by atoms with van der Waals surface area (Å²) >= 11 is 1.36. The predicted octanol–water partition coefficient (Wildman–Crippen LogP) is 3.25. The SMILES string of the molecule is CCc1csc(Nc2ccc3c(c2O)C(O)=C2C(=O)C4C(=O)C(C(C)=O)=C(O)[C@@H](N(C)C)C4[C@@H](O)C2[C@H]3C)n1. The van der Waals surface area contributed by atoms with E-state index in [9.17, 15) is 34.8 Å². The van der Waals surface area contributed by atoms with E-state index >= 15 is 0 Å². The maximum atomic E-state index is 14.0. The molecule has 3 unspecified atom stereocenters. The number of anilines is 2. The molecule has 5 N–H and O–H groups in total. The first-order valence-electron chi connectivity index (χ1n) is 12.8. The highest BCUT2D eigenvalue weighted by Gasteiger charge is 2.60. The Morgan fingerprint density at radius 1 is 1.15 bits per heavy atom. The molecule has 39 heavy (non-hydrogen) atoms. The van der Waals surface area contributed by atoms with Gasteiger partial charge in [-0.05, 0) is 45.0 Å². The number of nitrogens with one attached hydrogen (secondary N) is 1. The number of phenols is 1. The van der Waals surface area contributed by atoms with Crippen LogP contribution < -0.4 is 5.32 Å². The highest BCUT2D eigenvalue weighted by molar-refractivity contribution is 7.13. The fraction of sp³-hybridized carbons (Fsp3) is 0.429. The molecule has 1 heterocycles. The van der Waals surface area contributed by atoms with Gasteiger partial charge >= 0.3 is 0 Å². The molecule has 11 heteroatoms. The van der Waals surface area contributed by atoms with Crippen LogP contribution in [0.1, 0.15) is 43.5 Å². The zero-order valence-electron chi connectivity index (χ0n) is 22.2. The number of aliphatic hydroxyl groups excluding tert-OH is 3. The van der Waals surface area contributed by atoms with Crippen LogP contribution in [0.15, 0.2) is 34.4 Å². The Hall–Kier alpha value is -3.54. The number of allylic oxidation sites excluding steroid dienone is 1. The molecule has 0 amide bonds. The Bertz CT molecular complexity index is 1470. The number of nitrogens with zero attached hydrogens (tertiary/aromatic N) is 2. The number of fused-ring (bicyclic) bond motifs is 3. The second-order valence-corrected chi connectivity index (χ2v) is 11.5. The highest BCUT2D eigenvalue weighted by atomic mass is 32.1. The fourth-order valence-electron chi connectivity index (χ4n) is 6.46. The van der Waals surface area contributed by atoms with E-state index in [-0.39, 0.29) is 22.6 Å². The van der Waals surface area contributed by atoms with Gasteiger partial charge in [0.2, 0.25) is 0 Å². The zero-order valence-corrected chi connectivity index (χ0v) is 23.0. The van der Waals surface area contributed by atoms with Crippen molar-refractivity contribution >= 4 is 45.3 Å². The van der Waals surface area contributed by atoms with E-state index in [0.717, 1.165) is 19.0 Å². The summed E-state index contributed by atoms with van der Waals surface area (Å²) in [7, 11) is 3.26. The minimum atomic E-state index is -1.48. The van der Waals surface area contributed by atoms with Gasteiger partial charge in [-0.3, -0.25) is 19.3 Å². The monoisotopic (exact) mass is 553 g/mol. The van der Waals surface area contributed by atoms with Crippen molar-refractivity contribution in [2.45, 2.75) is 45.3 Å². The van der Waals surface area contributed by atoms with E-state index in [1.165, 1.54) is 11.3 Å². The van der Waals surface area contributed by atoms with E-state index < -0.39 is 70.3 Å². The maximum Gasteiger partial charge on any atom is 0.187 e. The van der Waals surface area contributed by atoms with Crippen molar-refractivity contribution in [3.63, 3.8) is 0 Å². The molecule has 2 aromatic rings. The summed E-state index contributed by atoms with van der Waals surface area (Å²) < 4.78 is 0. The molecule has 1 aromatic carbocycles. The Balaban J connectivity index is 1.65. The average molecular weight is 554 g/mol. The first kappa shape index (κ1) is 27.0. The van der Waals surface area contributed by atoms with Crippen LogP contribution in [0.25, 0.3) is 5.76 Å². The van der Waals surface area contributed by atoms with Crippen molar-refractivity contribution in [1.82, 2.24) is 9.88 Å². The molecule has 0 saturated heterocycles. The number of aromatic nitrogens is 1. The second kappa shape index (κ2) is 9.58. The van der Waals surface area contributed by atoms with Crippen molar-refractivity contribution in [2.75, 3.05) is 19.4 Å². The molecular weight excluding hydrogens is 522 g/mol. The average Bonchev–Trinajstić information content (AvgIpc) is 3.32. The van der Waals surface area contributed by atoms with Gasteiger partial charge in [0.15, 0.2) is 22.5 Å². The number of thiazole rings is 1. The van der Waals surface area contributed by atoms with Crippen LogP contribution in [0.2, 0.25) is 0 Å². The second-order valence-electron chi connectivity index (χ2n) is 10.6. The van der Waals surface area contributed by atoms with Crippen molar-refractivity contribution in [1.29, 1.82) is 0 Å². The van der Waals surface area contributed by atoms with Crippen LogP contribution >= 0.6 is 11.3 Å². The number of carbonyl (C=O) groups is 3. The van der Waals surface area contributed by atoms with Gasteiger partial charge in [0.1, 0.15) is 22.8 Å². The van der Waals surface area contributed by atoms with E-state index in [2.05, 4.69) is 10.3 Å². The lowest BCUT2D eigenvalue weighted by atomic mass is 9.56. The van der Waals surface area contributed by atoms with Gasteiger partial charge in [0.25, 0.3) is 0 Å². The van der Waals surface area contributed by atoms with E-state index in [0.29, 0.717) is 10.7 Å². The number of ketones is 3. The molecule has 0 bridgehead atoms. The molecule has 0 spiro atoms. The lowest BCUT2D eigenvalue weighted by Gasteiger charge is -2.50. The number of likely N-dealkylation sites (N-methyl/N-ethyl adjacent to an activating group) is 1. The molecule has 3 aliphatic rings. The summed E-state index contributed by atoms with van der Waals surface area (Å²) in [6, 6.07) is 2.40. The molecule has 0 radical (unpaired) electrons. The van der Waals surface area contributed by atoms with E-state index in [1.807, 2.05) is 12.3 Å². The normalized spacial score (nSPS) is 28.4. The van der Waals surface area contributed by atoms with Gasteiger partial charge < -0.3 is 25.7 Å². The predicted molar refractivity (Wildman–Crippen MR) is 145 cm³/mol. The Labute approximate surface area is 229 Å². The van der Waals surface area contributed by atoms with Crippen LogP contribution in [-0.2, 0) is 20.8 Å². The fourth-order valence-corrected chi connectivity index (χ4v) is 7.26. The number of hydrogen-bond donors (Lipinski definition) is 5. The third-order valence-corrected chi connectivity index (χ3v) is 9.06. The third-order valence-electron chi connectivity index (χ3n) is 8.25. The summed E-state index contributed by atoms with van der Waals surface area (Å²) in [5.74, 6) is -7.50. The van der Waals surface area contributed by atoms with Crippen molar-refractivity contribution in [3.8, 4) is 5.75 Å². The first-order valence-corrected chi connectivity index (χ1v) is 13.7. The molecule has 1 saturated carbocycles. The molecule has 10 nitrogen and oxygen atoms in total. The Kier molecular flexibility index (Phi) is 6.64. The number of hydrogen-bond acceptors (Lipinski definition) is 11. The van der Waals surface area contributed by atoms with Crippen LogP contribution in [0.5, 0.6) is 5.75 Å².